The second-order valence-corrected chi connectivity index (χ2v) is 3.08. The topological polar surface area (TPSA) is 49.8 Å². The van der Waals surface area contributed by atoms with Crippen molar-refractivity contribution in [3.8, 4) is 6.07 Å². The van der Waals surface area contributed by atoms with Gasteiger partial charge in [-0.05, 0) is 38.1 Å². The summed E-state index contributed by atoms with van der Waals surface area (Å²) < 4.78 is 0. The van der Waals surface area contributed by atoms with Crippen LogP contribution in [0, 0.1) is 23.2 Å². The van der Waals surface area contributed by atoms with Crippen molar-refractivity contribution in [1.82, 2.24) is 0 Å². The van der Waals surface area contributed by atoms with E-state index in [9.17, 15) is 0 Å². The molecule has 0 radical (unpaired) electrons. The molecule has 10 heavy (non-hydrogen) atoms. The molecule has 2 heteroatoms. The maximum Gasteiger partial charge on any atom is 0.0655 e. The van der Waals surface area contributed by atoms with E-state index in [1.807, 2.05) is 0 Å². The van der Waals surface area contributed by atoms with E-state index in [2.05, 4.69) is 6.07 Å². The van der Waals surface area contributed by atoms with Crippen LogP contribution in [0.5, 0.6) is 0 Å². The Morgan fingerprint density at radius 2 is 1.90 bits per heavy atom. The highest BCUT2D eigenvalue weighted by atomic mass is 14.5. The zero-order chi connectivity index (χ0) is 7.40. The molecule has 1 aliphatic rings. The van der Waals surface area contributed by atoms with Gasteiger partial charge in [-0.2, -0.15) is 5.26 Å². The molecule has 1 rings (SSSR count). The van der Waals surface area contributed by atoms with E-state index in [1.54, 1.807) is 0 Å². The Balaban J connectivity index is 2.25. The average molecular weight is 138 g/mol. The van der Waals surface area contributed by atoms with Crippen LogP contribution in [0.15, 0.2) is 0 Å². The molecule has 0 atom stereocenters. The Kier molecular flexibility index (Phi) is 2.70. The van der Waals surface area contributed by atoms with Gasteiger partial charge in [0.05, 0.1) is 6.07 Å². The van der Waals surface area contributed by atoms with Crippen molar-refractivity contribution in [3.05, 3.63) is 0 Å². The molecule has 0 bridgehead atoms. The van der Waals surface area contributed by atoms with E-state index < -0.39 is 0 Å². The summed E-state index contributed by atoms with van der Waals surface area (Å²) in [6.07, 6.45) is 4.46. The van der Waals surface area contributed by atoms with Gasteiger partial charge in [-0.15, -0.1) is 0 Å². The Labute approximate surface area is 62.0 Å². The molecule has 0 unspecified atom stereocenters. The quantitative estimate of drug-likeness (QED) is 0.593. The van der Waals surface area contributed by atoms with E-state index in [4.69, 9.17) is 11.0 Å². The van der Waals surface area contributed by atoms with Gasteiger partial charge in [-0.25, -0.2) is 0 Å². The second kappa shape index (κ2) is 3.58. The van der Waals surface area contributed by atoms with Crippen molar-refractivity contribution < 1.29 is 0 Å². The Morgan fingerprint density at radius 3 is 2.30 bits per heavy atom. The summed E-state index contributed by atoms with van der Waals surface area (Å²) in [5.41, 5.74) is 5.51. The molecule has 0 aromatic heterocycles. The molecule has 0 saturated heterocycles. The van der Waals surface area contributed by atoms with E-state index in [0.29, 0.717) is 11.8 Å². The monoisotopic (exact) mass is 138 g/mol. The highest BCUT2D eigenvalue weighted by molar-refractivity contribution is 4.86. The normalized spacial score (nSPS) is 33.2. The summed E-state index contributed by atoms with van der Waals surface area (Å²) >= 11 is 0. The van der Waals surface area contributed by atoms with Crippen LogP contribution in [-0.4, -0.2) is 6.54 Å². The SMILES string of the molecule is N#C[C@H]1CC[C@@H](CN)CC1. The first-order valence-electron chi connectivity index (χ1n) is 3.96. The van der Waals surface area contributed by atoms with Crippen LogP contribution in [0.4, 0.5) is 0 Å². The first-order chi connectivity index (χ1) is 4.86. The van der Waals surface area contributed by atoms with E-state index in [0.717, 1.165) is 32.2 Å². The van der Waals surface area contributed by atoms with Gasteiger partial charge in [-0.1, -0.05) is 0 Å². The number of rotatable bonds is 1. The first-order valence-corrected chi connectivity index (χ1v) is 3.96. The van der Waals surface area contributed by atoms with Crippen molar-refractivity contribution in [1.29, 1.82) is 5.26 Å². The van der Waals surface area contributed by atoms with Crippen molar-refractivity contribution in [2.45, 2.75) is 25.7 Å². The van der Waals surface area contributed by atoms with Gasteiger partial charge in [0.15, 0.2) is 0 Å². The molecule has 1 fully saturated rings. The van der Waals surface area contributed by atoms with Gasteiger partial charge >= 0.3 is 0 Å². The summed E-state index contributed by atoms with van der Waals surface area (Å²) in [4.78, 5) is 0. The minimum Gasteiger partial charge on any atom is -0.330 e. The van der Waals surface area contributed by atoms with Crippen molar-refractivity contribution >= 4 is 0 Å². The number of nitriles is 1. The Morgan fingerprint density at radius 1 is 1.30 bits per heavy atom. The Bertz CT molecular complexity index is 129. The lowest BCUT2D eigenvalue weighted by atomic mass is 9.83. The van der Waals surface area contributed by atoms with Gasteiger partial charge < -0.3 is 5.73 Å². The third-order valence-electron chi connectivity index (χ3n) is 2.36. The number of nitrogens with zero attached hydrogens (tertiary/aromatic N) is 1. The van der Waals surface area contributed by atoms with E-state index in [1.165, 1.54) is 0 Å². The molecule has 2 N–H and O–H groups in total. The summed E-state index contributed by atoms with van der Waals surface area (Å²) in [6.45, 7) is 0.804. The molecule has 0 heterocycles. The highest BCUT2D eigenvalue weighted by Crippen LogP contribution is 2.27. The molecule has 56 valence electrons. The summed E-state index contributed by atoms with van der Waals surface area (Å²) in [6, 6.07) is 2.31. The van der Waals surface area contributed by atoms with Crippen LogP contribution in [0.25, 0.3) is 0 Å². The third kappa shape index (κ3) is 1.71. The maximum absolute atomic E-state index is 8.57. The van der Waals surface area contributed by atoms with Gasteiger partial charge in [0, 0.05) is 5.92 Å². The molecule has 0 spiro atoms. The fourth-order valence-corrected chi connectivity index (χ4v) is 1.53. The maximum atomic E-state index is 8.57. The minimum atomic E-state index is 0.322. The zero-order valence-electron chi connectivity index (χ0n) is 6.21. The van der Waals surface area contributed by atoms with E-state index >= 15 is 0 Å². The average Bonchev–Trinajstić information content (AvgIpc) is 2.05. The molecule has 2 nitrogen and oxygen atoms in total. The van der Waals surface area contributed by atoms with Crippen LogP contribution in [0.3, 0.4) is 0 Å². The van der Waals surface area contributed by atoms with Crippen LogP contribution < -0.4 is 5.73 Å². The largest absolute Gasteiger partial charge is 0.330 e. The fraction of sp³-hybridized carbons (Fsp3) is 0.875. The van der Waals surface area contributed by atoms with Gasteiger partial charge in [0.2, 0.25) is 0 Å². The van der Waals surface area contributed by atoms with Crippen molar-refractivity contribution in [3.63, 3.8) is 0 Å². The summed E-state index contributed by atoms with van der Waals surface area (Å²) in [5, 5.41) is 8.57. The molecular weight excluding hydrogens is 124 g/mol. The van der Waals surface area contributed by atoms with Crippen LogP contribution in [0.2, 0.25) is 0 Å². The molecule has 0 aliphatic heterocycles. The Hall–Kier alpha value is -0.550. The molecule has 1 aliphatic carbocycles. The third-order valence-corrected chi connectivity index (χ3v) is 2.36. The van der Waals surface area contributed by atoms with Crippen molar-refractivity contribution in [2.75, 3.05) is 6.54 Å². The summed E-state index contributed by atoms with van der Waals surface area (Å²) in [5.74, 6) is 1.02. The highest BCUT2D eigenvalue weighted by Gasteiger charge is 2.18. The first kappa shape index (κ1) is 7.56. The lowest BCUT2D eigenvalue weighted by Crippen LogP contribution is -2.20. The molecular formula is C8H14N2. The minimum absolute atomic E-state index is 0.322. The predicted octanol–water partition coefficient (Wildman–Crippen LogP) is 1.28. The molecule has 1 saturated carbocycles. The number of hydrogen-bond acceptors (Lipinski definition) is 2. The van der Waals surface area contributed by atoms with Gasteiger partial charge in [-0.3, -0.25) is 0 Å². The zero-order valence-corrected chi connectivity index (χ0v) is 6.21. The van der Waals surface area contributed by atoms with Crippen LogP contribution in [-0.2, 0) is 0 Å². The molecule has 0 aromatic carbocycles. The second-order valence-electron chi connectivity index (χ2n) is 3.08. The van der Waals surface area contributed by atoms with Crippen LogP contribution >= 0.6 is 0 Å². The van der Waals surface area contributed by atoms with Crippen LogP contribution in [0.1, 0.15) is 25.7 Å². The van der Waals surface area contributed by atoms with E-state index in [-0.39, 0.29) is 0 Å². The number of nitrogens with two attached hydrogens (primary N) is 1. The van der Waals surface area contributed by atoms with Crippen molar-refractivity contribution in [2.24, 2.45) is 17.6 Å². The van der Waals surface area contributed by atoms with Gasteiger partial charge in [0.25, 0.3) is 0 Å². The number of hydrogen-bond donors (Lipinski definition) is 1. The lowest BCUT2D eigenvalue weighted by molar-refractivity contribution is 0.321. The smallest absolute Gasteiger partial charge is 0.0655 e. The predicted molar refractivity (Wildman–Crippen MR) is 40.1 cm³/mol. The lowest BCUT2D eigenvalue weighted by Gasteiger charge is -2.22. The standard InChI is InChI=1S/C8H14N2/c9-5-7-1-2-8(6-10)4-3-7/h7-8H,1-5,9H2/t7-,8+. The molecule has 0 aromatic rings. The fourth-order valence-electron chi connectivity index (χ4n) is 1.53. The molecule has 0 amide bonds. The van der Waals surface area contributed by atoms with Gasteiger partial charge in [0.1, 0.15) is 0 Å². The summed E-state index contributed by atoms with van der Waals surface area (Å²) in [7, 11) is 0.